The van der Waals surface area contributed by atoms with E-state index in [2.05, 4.69) is 42.3 Å². The van der Waals surface area contributed by atoms with Crippen molar-refractivity contribution in [3.05, 3.63) is 23.8 Å². The van der Waals surface area contributed by atoms with Crippen molar-refractivity contribution >= 4 is 5.69 Å². The Balaban J connectivity index is 1.60. The molecule has 0 amide bonds. The number of ether oxygens (including phenoxy) is 1. The molecule has 0 spiro atoms. The van der Waals surface area contributed by atoms with Crippen molar-refractivity contribution in [3.63, 3.8) is 0 Å². The predicted molar refractivity (Wildman–Crippen MR) is 79.0 cm³/mol. The van der Waals surface area contributed by atoms with Gasteiger partial charge in [0.25, 0.3) is 0 Å². The molecule has 1 aromatic rings. The zero-order valence-electron chi connectivity index (χ0n) is 12.0. The van der Waals surface area contributed by atoms with E-state index >= 15 is 0 Å². The van der Waals surface area contributed by atoms with Crippen LogP contribution in [0.3, 0.4) is 0 Å². The van der Waals surface area contributed by atoms with Crippen LogP contribution in [0.2, 0.25) is 0 Å². The Morgan fingerprint density at radius 2 is 2.32 bits per heavy atom. The van der Waals surface area contributed by atoms with Crippen LogP contribution in [0, 0.1) is 5.41 Å². The van der Waals surface area contributed by atoms with Gasteiger partial charge in [0.1, 0.15) is 5.75 Å². The van der Waals surface area contributed by atoms with Gasteiger partial charge in [0.05, 0.1) is 6.61 Å². The number of hydrogen-bond donors (Lipinski definition) is 1. The number of likely N-dealkylation sites (tertiary alicyclic amines) is 1. The lowest BCUT2D eigenvalue weighted by molar-refractivity contribution is 0.164. The lowest BCUT2D eigenvalue weighted by Crippen LogP contribution is -2.29. The molecule has 19 heavy (non-hydrogen) atoms. The number of anilines is 1. The smallest absolute Gasteiger partial charge is 0.119 e. The number of benzene rings is 1. The van der Waals surface area contributed by atoms with Crippen molar-refractivity contribution in [2.75, 3.05) is 38.1 Å². The highest BCUT2D eigenvalue weighted by Gasteiger charge is 2.33. The van der Waals surface area contributed by atoms with E-state index in [1.54, 1.807) is 0 Å². The molecule has 1 aromatic carbocycles. The van der Waals surface area contributed by atoms with Crippen LogP contribution in [0.4, 0.5) is 5.69 Å². The minimum Gasteiger partial charge on any atom is -0.493 e. The normalized spacial score (nSPS) is 26.2. The van der Waals surface area contributed by atoms with Gasteiger partial charge >= 0.3 is 0 Å². The van der Waals surface area contributed by atoms with Crippen LogP contribution in [-0.4, -0.2) is 37.7 Å². The first-order valence-corrected chi connectivity index (χ1v) is 7.40. The zero-order chi connectivity index (χ0) is 13.3. The van der Waals surface area contributed by atoms with E-state index in [1.165, 1.54) is 24.2 Å². The summed E-state index contributed by atoms with van der Waals surface area (Å²) in [6.07, 6.45) is 2.36. The Morgan fingerprint density at radius 3 is 3.11 bits per heavy atom. The first kappa shape index (κ1) is 12.8. The van der Waals surface area contributed by atoms with Crippen molar-refractivity contribution in [2.24, 2.45) is 5.41 Å². The summed E-state index contributed by atoms with van der Waals surface area (Å²) in [5, 5.41) is 3.38. The van der Waals surface area contributed by atoms with Crippen molar-refractivity contribution in [2.45, 2.75) is 26.7 Å². The van der Waals surface area contributed by atoms with E-state index in [1.807, 2.05) is 0 Å². The summed E-state index contributed by atoms with van der Waals surface area (Å²) >= 11 is 0. The monoisotopic (exact) mass is 260 g/mol. The summed E-state index contributed by atoms with van der Waals surface area (Å²) in [6, 6.07) is 6.44. The molecule has 2 heterocycles. The van der Waals surface area contributed by atoms with Gasteiger partial charge < -0.3 is 15.0 Å². The third-order valence-electron chi connectivity index (χ3n) is 4.46. The average molecular weight is 260 g/mol. The van der Waals surface area contributed by atoms with Crippen LogP contribution in [-0.2, 0) is 6.42 Å². The summed E-state index contributed by atoms with van der Waals surface area (Å²) in [6.45, 7) is 10.00. The Kier molecular flexibility index (Phi) is 3.40. The second-order valence-electron chi connectivity index (χ2n) is 6.21. The fourth-order valence-corrected chi connectivity index (χ4v) is 3.14. The lowest BCUT2D eigenvalue weighted by Gasteiger charge is -2.24. The third-order valence-corrected chi connectivity index (χ3v) is 4.46. The van der Waals surface area contributed by atoms with Crippen LogP contribution in [0.1, 0.15) is 25.8 Å². The zero-order valence-corrected chi connectivity index (χ0v) is 12.0. The van der Waals surface area contributed by atoms with E-state index in [0.717, 1.165) is 38.4 Å². The van der Waals surface area contributed by atoms with Gasteiger partial charge in [0, 0.05) is 24.2 Å². The highest BCUT2D eigenvalue weighted by atomic mass is 16.5. The molecule has 3 rings (SSSR count). The van der Waals surface area contributed by atoms with E-state index < -0.39 is 0 Å². The molecule has 1 fully saturated rings. The molecule has 2 aliphatic rings. The highest BCUT2D eigenvalue weighted by molar-refractivity contribution is 5.57. The fraction of sp³-hybridized carbons (Fsp3) is 0.625. The lowest BCUT2D eigenvalue weighted by atomic mass is 9.91. The standard InChI is InChI=1S/C16H24N2O/c1-3-18-9-7-16(2,11-18)12-19-14-4-5-15-13(10-14)6-8-17-15/h4-5,10,17H,3,6-9,11-12H2,1-2H3. The summed E-state index contributed by atoms with van der Waals surface area (Å²) in [4.78, 5) is 2.51. The SMILES string of the molecule is CCN1CCC(C)(COc2ccc3c(c2)CCN3)C1. The topological polar surface area (TPSA) is 24.5 Å². The van der Waals surface area contributed by atoms with E-state index in [0.29, 0.717) is 5.41 Å². The molecule has 3 nitrogen and oxygen atoms in total. The minimum absolute atomic E-state index is 0.313. The second-order valence-corrected chi connectivity index (χ2v) is 6.21. The molecule has 3 heteroatoms. The Bertz CT molecular complexity index is 460. The molecule has 0 radical (unpaired) electrons. The Morgan fingerprint density at radius 1 is 1.42 bits per heavy atom. The quantitative estimate of drug-likeness (QED) is 0.901. The van der Waals surface area contributed by atoms with E-state index in [9.17, 15) is 0 Å². The molecule has 0 aromatic heterocycles. The molecule has 104 valence electrons. The summed E-state index contributed by atoms with van der Waals surface area (Å²) in [5.41, 5.74) is 2.98. The third kappa shape index (κ3) is 2.71. The molecule has 2 aliphatic heterocycles. The molecule has 1 unspecified atom stereocenters. The van der Waals surface area contributed by atoms with Crippen LogP contribution in [0.15, 0.2) is 18.2 Å². The molecular weight excluding hydrogens is 236 g/mol. The molecule has 0 saturated carbocycles. The maximum atomic E-state index is 6.06. The number of nitrogens with zero attached hydrogens (tertiary/aromatic N) is 1. The number of fused-ring (bicyclic) bond motifs is 1. The fourth-order valence-electron chi connectivity index (χ4n) is 3.14. The van der Waals surface area contributed by atoms with Gasteiger partial charge in [0.15, 0.2) is 0 Å². The molecule has 0 bridgehead atoms. The maximum absolute atomic E-state index is 6.06. The van der Waals surface area contributed by atoms with Crippen LogP contribution in [0.25, 0.3) is 0 Å². The number of rotatable bonds is 4. The first-order valence-electron chi connectivity index (χ1n) is 7.40. The van der Waals surface area contributed by atoms with Crippen molar-refractivity contribution in [1.82, 2.24) is 4.90 Å². The molecule has 1 atom stereocenters. The molecular formula is C16H24N2O. The molecule has 1 saturated heterocycles. The van der Waals surface area contributed by atoms with E-state index in [4.69, 9.17) is 4.74 Å². The van der Waals surface area contributed by atoms with Crippen LogP contribution < -0.4 is 10.1 Å². The largest absolute Gasteiger partial charge is 0.493 e. The van der Waals surface area contributed by atoms with Gasteiger partial charge in [-0.05, 0) is 49.7 Å². The summed E-state index contributed by atoms with van der Waals surface area (Å²) < 4.78 is 6.06. The van der Waals surface area contributed by atoms with Gasteiger partial charge in [-0.15, -0.1) is 0 Å². The molecule has 1 N–H and O–H groups in total. The Labute approximate surface area is 115 Å². The number of nitrogens with one attached hydrogen (secondary N) is 1. The van der Waals surface area contributed by atoms with Crippen LogP contribution in [0.5, 0.6) is 5.75 Å². The first-order chi connectivity index (χ1) is 9.18. The van der Waals surface area contributed by atoms with Gasteiger partial charge in [-0.3, -0.25) is 0 Å². The minimum atomic E-state index is 0.313. The summed E-state index contributed by atoms with van der Waals surface area (Å²) in [5.74, 6) is 1.03. The second kappa shape index (κ2) is 5.04. The Hall–Kier alpha value is -1.22. The maximum Gasteiger partial charge on any atom is 0.119 e. The van der Waals surface area contributed by atoms with Gasteiger partial charge in [0.2, 0.25) is 0 Å². The van der Waals surface area contributed by atoms with Gasteiger partial charge in [-0.1, -0.05) is 13.8 Å². The average Bonchev–Trinajstić information content (AvgIpc) is 3.02. The van der Waals surface area contributed by atoms with Crippen molar-refractivity contribution in [1.29, 1.82) is 0 Å². The van der Waals surface area contributed by atoms with Crippen molar-refractivity contribution in [3.8, 4) is 5.75 Å². The summed E-state index contributed by atoms with van der Waals surface area (Å²) in [7, 11) is 0. The van der Waals surface area contributed by atoms with Crippen molar-refractivity contribution < 1.29 is 4.74 Å². The highest BCUT2D eigenvalue weighted by Crippen LogP contribution is 2.32. The van der Waals surface area contributed by atoms with Crippen LogP contribution >= 0.6 is 0 Å². The van der Waals surface area contributed by atoms with Gasteiger partial charge in [-0.2, -0.15) is 0 Å². The predicted octanol–water partition coefficient (Wildman–Crippen LogP) is 2.77. The molecule has 0 aliphatic carbocycles. The number of hydrogen-bond acceptors (Lipinski definition) is 3. The van der Waals surface area contributed by atoms with Gasteiger partial charge in [-0.25, -0.2) is 0 Å². The van der Waals surface area contributed by atoms with E-state index in [-0.39, 0.29) is 0 Å².